The van der Waals surface area contributed by atoms with E-state index in [1.54, 1.807) is 0 Å². The molecule has 2 aliphatic heterocycles. The number of likely N-dealkylation sites (N-methyl/N-ethyl adjacent to an activating group) is 1. The fraction of sp³-hybridized carbons (Fsp3) is 0.579. The molecule has 1 unspecified atom stereocenters. The lowest BCUT2D eigenvalue weighted by molar-refractivity contribution is -0.142. The van der Waals surface area contributed by atoms with Gasteiger partial charge in [-0.15, -0.1) is 0 Å². The molecule has 0 bridgehead atoms. The summed E-state index contributed by atoms with van der Waals surface area (Å²) in [6.45, 7) is 4.39. The maximum absolute atomic E-state index is 13.2. The monoisotopic (exact) mass is 344 g/mol. The van der Waals surface area contributed by atoms with Gasteiger partial charge in [0.2, 0.25) is 11.8 Å². The number of carbonyl (C=O) groups excluding carboxylic acids is 2. The van der Waals surface area contributed by atoms with Crippen LogP contribution in [0.4, 0.5) is 0 Å². The molecule has 6 nitrogen and oxygen atoms in total. The number of nitrogens with two attached hydrogens (primary N) is 1. The second kappa shape index (κ2) is 7.97. The Labute approximate surface area is 149 Å². The average Bonchev–Trinajstić information content (AvgIpc) is 2.62. The van der Waals surface area contributed by atoms with Crippen LogP contribution < -0.4 is 5.73 Å². The van der Waals surface area contributed by atoms with Crippen molar-refractivity contribution < 1.29 is 9.59 Å². The minimum absolute atomic E-state index is 0.0544. The number of primary amides is 1. The average molecular weight is 344 g/mol. The van der Waals surface area contributed by atoms with Gasteiger partial charge in [0.1, 0.15) is 0 Å². The summed E-state index contributed by atoms with van der Waals surface area (Å²) in [6, 6.07) is 10.4. The van der Waals surface area contributed by atoms with Crippen LogP contribution in [-0.2, 0) is 9.59 Å². The predicted octanol–water partition coefficient (Wildman–Crippen LogP) is 0.699. The number of rotatable bonds is 4. The first-order chi connectivity index (χ1) is 12.0. The number of nitrogens with zero attached hydrogens (tertiary/aromatic N) is 3. The van der Waals surface area contributed by atoms with Crippen LogP contribution in [0.1, 0.15) is 24.4 Å². The van der Waals surface area contributed by atoms with Gasteiger partial charge in [0.15, 0.2) is 0 Å². The number of likely N-dealkylation sites (tertiary alicyclic amines) is 1. The van der Waals surface area contributed by atoms with Crippen LogP contribution >= 0.6 is 0 Å². The first-order valence-corrected chi connectivity index (χ1v) is 9.09. The summed E-state index contributed by atoms with van der Waals surface area (Å²) in [5.74, 6) is 0.0207. The highest BCUT2D eigenvalue weighted by Crippen LogP contribution is 2.29. The van der Waals surface area contributed by atoms with Gasteiger partial charge in [0.25, 0.3) is 0 Å². The SMILES string of the molecule is CN1CCN(C(=O)C2CCN(CC(N)=O)CC2)C(c2ccccc2)C1. The van der Waals surface area contributed by atoms with Crippen molar-refractivity contribution in [3.63, 3.8) is 0 Å². The van der Waals surface area contributed by atoms with Gasteiger partial charge < -0.3 is 15.5 Å². The Morgan fingerprint density at radius 3 is 2.40 bits per heavy atom. The third-order valence-corrected chi connectivity index (χ3v) is 5.37. The molecule has 2 aliphatic rings. The van der Waals surface area contributed by atoms with Crippen molar-refractivity contribution >= 4 is 11.8 Å². The molecular formula is C19H28N4O2. The molecule has 1 aromatic carbocycles. The Morgan fingerprint density at radius 1 is 1.08 bits per heavy atom. The summed E-state index contributed by atoms with van der Waals surface area (Å²) in [5.41, 5.74) is 6.47. The van der Waals surface area contributed by atoms with Crippen molar-refractivity contribution in [3.05, 3.63) is 35.9 Å². The molecule has 2 fully saturated rings. The molecule has 25 heavy (non-hydrogen) atoms. The minimum Gasteiger partial charge on any atom is -0.369 e. The second-order valence-electron chi connectivity index (χ2n) is 7.24. The number of amides is 2. The number of piperidine rings is 1. The first-order valence-electron chi connectivity index (χ1n) is 9.09. The molecule has 3 rings (SSSR count). The quantitative estimate of drug-likeness (QED) is 0.873. The fourth-order valence-corrected chi connectivity index (χ4v) is 3.94. The van der Waals surface area contributed by atoms with Gasteiger partial charge in [-0.2, -0.15) is 0 Å². The van der Waals surface area contributed by atoms with Crippen LogP contribution in [0.15, 0.2) is 30.3 Å². The Hall–Kier alpha value is -1.92. The van der Waals surface area contributed by atoms with Crippen LogP contribution in [0.2, 0.25) is 0 Å². The number of benzene rings is 1. The van der Waals surface area contributed by atoms with Crippen molar-refractivity contribution in [1.82, 2.24) is 14.7 Å². The molecule has 0 saturated carbocycles. The lowest BCUT2D eigenvalue weighted by atomic mass is 9.93. The molecule has 2 N–H and O–H groups in total. The fourth-order valence-electron chi connectivity index (χ4n) is 3.94. The topological polar surface area (TPSA) is 69.9 Å². The van der Waals surface area contributed by atoms with Crippen LogP contribution in [0.25, 0.3) is 0 Å². The summed E-state index contributed by atoms with van der Waals surface area (Å²) in [4.78, 5) is 30.6. The van der Waals surface area contributed by atoms with E-state index in [0.717, 1.165) is 45.6 Å². The zero-order chi connectivity index (χ0) is 17.8. The number of hydrogen-bond donors (Lipinski definition) is 1. The summed E-state index contributed by atoms with van der Waals surface area (Å²) >= 11 is 0. The molecule has 0 aliphatic carbocycles. The molecule has 1 atom stereocenters. The van der Waals surface area contributed by atoms with E-state index in [9.17, 15) is 9.59 Å². The molecular weight excluding hydrogens is 316 g/mol. The zero-order valence-corrected chi connectivity index (χ0v) is 14.9. The van der Waals surface area contributed by atoms with Gasteiger partial charge in [-0.1, -0.05) is 30.3 Å². The van der Waals surface area contributed by atoms with Crippen LogP contribution in [0.5, 0.6) is 0 Å². The van der Waals surface area contributed by atoms with Crippen LogP contribution in [0, 0.1) is 5.92 Å². The predicted molar refractivity (Wildman–Crippen MR) is 96.8 cm³/mol. The molecule has 136 valence electrons. The van der Waals surface area contributed by atoms with Gasteiger partial charge in [-0.05, 0) is 38.5 Å². The number of carbonyl (C=O) groups is 2. The van der Waals surface area contributed by atoms with Crippen LogP contribution in [0.3, 0.4) is 0 Å². The van der Waals surface area contributed by atoms with E-state index in [1.165, 1.54) is 5.56 Å². The number of hydrogen-bond acceptors (Lipinski definition) is 4. The first kappa shape index (κ1) is 17.9. The third kappa shape index (κ3) is 4.38. The van der Waals surface area contributed by atoms with E-state index in [-0.39, 0.29) is 23.8 Å². The highest BCUT2D eigenvalue weighted by molar-refractivity contribution is 5.80. The van der Waals surface area contributed by atoms with E-state index >= 15 is 0 Å². The smallest absolute Gasteiger partial charge is 0.231 e. The summed E-state index contributed by atoms with van der Waals surface area (Å²) in [7, 11) is 2.11. The van der Waals surface area contributed by atoms with Crippen LogP contribution in [-0.4, -0.2) is 72.8 Å². The van der Waals surface area contributed by atoms with Crippen molar-refractivity contribution in [2.24, 2.45) is 11.7 Å². The zero-order valence-electron chi connectivity index (χ0n) is 14.9. The minimum atomic E-state index is -0.298. The van der Waals surface area contributed by atoms with Gasteiger partial charge in [0.05, 0.1) is 12.6 Å². The summed E-state index contributed by atoms with van der Waals surface area (Å²) in [5, 5.41) is 0. The van der Waals surface area contributed by atoms with Crippen molar-refractivity contribution in [3.8, 4) is 0 Å². The number of piperazine rings is 1. The Morgan fingerprint density at radius 2 is 1.76 bits per heavy atom. The molecule has 0 spiro atoms. The van der Waals surface area contributed by atoms with Gasteiger partial charge >= 0.3 is 0 Å². The van der Waals surface area contributed by atoms with E-state index in [1.807, 2.05) is 23.1 Å². The van der Waals surface area contributed by atoms with Crippen molar-refractivity contribution in [2.75, 3.05) is 46.3 Å². The van der Waals surface area contributed by atoms with Gasteiger partial charge in [0, 0.05) is 25.6 Å². The van der Waals surface area contributed by atoms with Crippen molar-refractivity contribution in [1.29, 1.82) is 0 Å². The lowest BCUT2D eigenvalue weighted by Crippen LogP contribution is -2.52. The van der Waals surface area contributed by atoms with E-state index < -0.39 is 0 Å². The normalized spacial score (nSPS) is 23.6. The van der Waals surface area contributed by atoms with E-state index in [0.29, 0.717) is 6.54 Å². The molecule has 0 aromatic heterocycles. The van der Waals surface area contributed by atoms with E-state index in [2.05, 4.69) is 29.0 Å². The Balaban J connectivity index is 1.66. The molecule has 0 radical (unpaired) electrons. The molecule has 6 heteroatoms. The Kier molecular flexibility index (Phi) is 5.71. The third-order valence-electron chi connectivity index (χ3n) is 5.37. The van der Waals surface area contributed by atoms with Gasteiger partial charge in [-0.25, -0.2) is 0 Å². The summed E-state index contributed by atoms with van der Waals surface area (Å²) in [6.07, 6.45) is 1.61. The maximum atomic E-state index is 13.2. The van der Waals surface area contributed by atoms with Gasteiger partial charge in [-0.3, -0.25) is 14.5 Å². The summed E-state index contributed by atoms with van der Waals surface area (Å²) < 4.78 is 0. The molecule has 2 saturated heterocycles. The largest absolute Gasteiger partial charge is 0.369 e. The molecule has 1 aromatic rings. The Bertz CT molecular complexity index is 599. The standard InChI is InChI=1S/C19H28N4O2/c1-21-11-12-23(17(13-21)15-5-3-2-4-6-15)19(25)16-7-9-22(10-8-16)14-18(20)24/h2-6,16-17H,7-14H2,1H3,(H2,20,24). The molecule has 2 amide bonds. The second-order valence-corrected chi connectivity index (χ2v) is 7.24. The maximum Gasteiger partial charge on any atom is 0.231 e. The highest BCUT2D eigenvalue weighted by Gasteiger charge is 2.35. The molecule has 2 heterocycles. The highest BCUT2D eigenvalue weighted by atomic mass is 16.2. The van der Waals surface area contributed by atoms with Crippen molar-refractivity contribution in [2.45, 2.75) is 18.9 Å². The van der Waals surface area contributed by atoms with E-state index in [4.69, 9.17) is 5.73 Å². The lowest BCUT2D eigenvalue weighted by Gasteiger charge is -2.43.